The first-order valence-corrected chi connectivity index (χ1v) is 6.69. The number of benzene rings is 2. The zero-order valence-corrected chi connectivity index (χ0v) is 11.8. The molecular weight excluding hydrogens is 250 g/mol. The van der Waals surface area contributed by atoms with Crippen LogP contribution in [0, 0.1) is 13.8 Å². The number of aromatic hydroxyl groups is 1. The molecule has 2 aromatic carbocycles. The van der Waals surface area contributed by atoms with Gasteiger partial charge in [0.25, 0.3) is 0 Å². The first kappa shape index (κ1) is 14.1. The molecular formula is C17H19NO2. The number of hydrogen-bond acceptors (Lipinski definition) is 2. The van der Waals surface area contributed by atoms with E-state index in [0.717, 1.165) is 23.2 Å². The van der Waals surface area contributed by atoms with Crippen molar-refractivity contribution in [3.8, 4) is 5.75 Å². The van der Waals surface area contributed by atoms with Crippen LogP contribution in [0.2, 0.25) is 0 Å². The van der Waals surface area contributed by atoms with Gasteiger partial charge in [-0.3, -0.25) is 4.79 Å². The van der Waals surface area contributed by atoms with Crippen LogP contribution in [0.25, 0.3) is 0 Å². The summed E-state index contributed by atoms with van der Waals surface area (Å²) in [5, 5.41) is 12.2. The largest absolute Gasteiger partial charge is 0.508 e. The molecule has 0 atom stereocenters. The molecule has 20 heavy (non-hydrogen) atoms. The number of nitrogens with one attached hydrogen (secondary N) is 1. The number of anilines is 1. The van der Waals surface area contributed by atoms with Gasteiger partial charge in [0.1, 0.15) is 5.75 Å². The van der Waals surface area contributed by atoms with Gasteiger partial charge in [0, 0.05) is 12.1 Å². The summed E-state index contributed by atoms with van der Waals surface area (Å²) in [6.07, 6.45) is 1.17. The highest BCUT2D eigenvalue weighted by atomic mass is 16.3. The third-order valence-corrected chi connectivity index (χ3v) is 3.25. The number of carbonyl (C=O) groups is 1. The predicted molar refractivity (Wildman–Crippen MR) is 81.0 cm³/mol. The number of hydrogen-bond donors (Lipinski definition) is 2. The highest BCUT2D eigenvalue weighted by Crippen LogP contribution is 2.20. The summed E-state index contributed by atoms with van der Waals surface area (Å²) in [7, 11) is 0. The summed E-state index contributed by atoms with van der Waals surface area (Å²) in [5.41, 5.74) is 3.98. The van der Waals surface area contributed by atoms with E-state index < -0.39 is 0 Å². The van der Waals surface area contributed by atoms with Crippen LogP contribution in [-0.4, -0.2) is 11.0 Å². The van der Waals surface area contributed by atoms with Crippen molar-refractivity contribution in [3.05, 3.63) is 59.2 Å². The van der Waals surface area contributed by atoms with Gasteiger partial charge in [0.15, 0.2) is 0 Å². The molecule has 0 saturated carbocycles. The van der Waals surface area contributed by atoms with Crippen molar-refractivity contribution in [1.82, 2.24) is 0 Å². The number of phenolic OH excluding ortho intramolecular Hbond substituents is 1. The summed E-state index contributed by atoms with van der Waals surface area (Å²) in [5.74, 6) is 0.194. The van der Waals surface area contributed by atoms with E-state index in [2.05, 4.69) is 29.6 Å². The summed E-state index contributed by atoms with van der Waals surface area (Å²) >= 11 is 0. The van der Waals surface area contributed by atoms with E-state index in [4.69, 9.17) is 0 Å². The minimum atomic E-state index is -0.0145. The highest BCUT2D eigenvalue weighted by molar-refractivity contribution is 5.91. The molecule has 0 unspecified atom stereocenters. The van der Waals surface area contributed by atoms with Gasteiger partial charge in [0.05, 0.1) is 0 Å². The molecule has 0 spiro atoms. The second-order valence-corrected chi connectivity index (χ2v) is 5.03. The van der Waals surface area contributed by atoms with Gasteiger partial charge in [-0.25, -0.2) is 0 Å². The van der Waals surface area contributed by atoms with Gasteiger partial charge in [-0.2, -0.15) is 0 Å². The Labute approximate surface area is 119 Å². The van der Waals surface area contributed by atoms with Crippen molar-refractivity contribution < 1.29 is 9.90 Å². The van der Waals surface area contributed by atoms with E-state index in [9.17, 15) is 9.90 Å². The fraction of sp³-hybridized carbons (Fsp3) is 0.235. The minimum Gasteiger partial charge on any atom is -0.508 e. The molecule has 0 heterocycles. The van der Waals surface area contributed by atoms with Crippen molar-refractivity contribution in [2.24, 2.45) is 0 Å². The maximum atomic E-state index is 11.9. The molecule has 0 aromatic heterocycles. The normalized spacial score (nSPS) is 10.3. The second-order valence-electron chi connectivity index (χ2n) is 5.03. The van der Waals surface area contributed by atoms with Crippen LogP contribution in [0.4, 0.5) is 5.69 Å². The average molecular weight is 269 g/mol. The third-order valence-electron chi connectivity index (χ3n) is 3.25. The molecule has 0 bridgehead atoms. The zero-order chi connectivity index (χ0) is 14.5. The van der Waals surface area contributed by atoms with Crippen LogP contribution in [0.3, 0.4) is 0 Å². The predicted octanol–water partition coefficient (Wildman–Crippen LogP) is 3.58. The van der Waals surface area contributed by atoms with Crippen LogP contribution in [0.5, 0.6) is 5.75 Å². The van der Waals surface area contributed by atoms with E-state index >= 15 is 0 Å². The molecule has 0 fully saturated rings. The third kappa shape index (κ3) is 3.85. The van der Waals surface area contributed by atoms with Gasteiger partial charge >= 0.3 is 0 Å². The van der Waals surface area contributed by atoms with Crippen molar-refractivity contribution in [2.45, 2.75) is 26.7 Å². The molecule has 2 rings (SSSR count). The summed E-state index contributed by atoms with van der Waals surface area (Å²) in [6, 6.07) is 13.1. The van der Waals surface area contributed by atoms with Crippen LogP contribution in [0.15, 0.2) is 42.5 Å². The second kappa shape index (κ2) is 6.24. The standard InChI is InChI=1S/C17H19NO2/c1-12-3-5-14(6-4-12)7-10-17(20)18-16-9-8-15(19)11-13(16)2/h3-6,8-9,11,19H,7,10H2,1-2H3,(H,18,20). The Morgan fingerprint density at radius 1 is 1.10 bits per heavy atom. The molecule has 0 radical (unpaired) electrons. The van der Waals surface area contributed by atoms with Gasteiger partial charge in [-0.05, 0) is 49.6 Å². The molecule has 1 amide bonds. The van der Waals surface area contributed by atoms with Crippen LogP contribution < -0.4 is 5.32 Å². The summed E-state index contributed by atoms with van der Waals surface area (Å²) < 4.78 is 0. The maximum Gasteiger partial charge on any atom is 0.224 e. The van der Waals surface area contributed by atoms with E-state index in [1.54, 1.807) is 18.2 Å². The Balaban J connectivity index is 1.90. The number of amides is 1. The Morgan fingerprint density at radius 3 is 2.45 bits per heavy atom. The molecule has 3 heteroatoms. The number of phenols is 1. The maximum absolute atomic E-state index is 11.9. The molecule has 0 saturated heterocycles. The molecule has 2 aromatic rings. The van der Waals surface area contributed by atoms with Gasteiger partial charge < -0.3 is 10.4 Å². The Hall–Kier alpha value is -2.29. The number of aryl methyl sites for hydroxylation is 3. The van der Waals surface area contributed by atoms with Crippen molar-refractivity contribution >= 4 is 11.6 Å². The molecule has 3 nitrogen and oxygen atoms in total. The lowest BCUT2D eigenvalue weighted by atomic mass is 10.1. The minimum absolute atomic E-state index is 0.0145. The molecule has 2 N–H and O–H groups in total. The fourth-order valence-electron chi connectivity index (χ4n) is 2.01. The molecule has 0 aliphatic heterocycles. The van der Waals surface area contributed by atoms with Gasteiger partial charge in [0.2, 0.25) is 5.91 Å². The lowest BCUT2D eigenvalue weighted by Crippen LogP contribution is -2.13. The topological polar surface area (TPSA) is 49.3 Å². The quantitative estimate of drug-likeness (QED) is 0.833. The van der Waals surface area contributed by atoms with Crippen molar-refractivity contribution in [3.63, 3.8) is 0 Å². The fourth-order valence-corrected chi connectivity index (χ4v) is 2.01. The lowest BCUT2D eigenvalue weighted by molar-refractivity contribution is -0.116. The van der Waals surface area contributed by atoms with E-state index in [-0.39, 0.29) is 11.7 Å². The first-order chi connectivity index (χ1) is 9.54. The molecule has 0 aliphatic carbocycles. The Kier molecular flexibility index (Phi) is 4.41. The van der Waals surface area contributed by atoms with E-state index in [1.807, 2.05) is 13.8 Å². The Morgan fingerprint density at radius 2 is 1.80 bits per heavy atom. The molecule has 104 valence electrons. The van der Waals surface area contributed by atoms with Gasteiger partial charge in [-0.15, -0.1) is 0 Å². The van der Waals surface area contributed by atoms with Gasteiger partial charge in [-0.1, -0.05) is 29.8 Å². The zero-order valence-electron chi connectivity index (χ0n) is 11.8. The van der Waals surface area contributed by atoms with Crippen molar-refractivity contribution in [2.75, 3.05) is 5.32 Å². The monoisotopic (exact) mass is 269 g/mol. The SMILES string of the molecule is Cc1ccc(CCC(=O)Nc2ccc(O)cc2C)cc1. The smallest absolute Gasteiger partial charge is 0.224 e. The molecule has 0 aliphatic rings. The van der Waals surface area contributed by atoms with Crippen LogP contribution >= 0.6 is 0 Å². The van der Waals surface area contributed by atoms with Crippen LogP contribution in [0.1, 0.15) is 23.1 Å². The van der Waals surface area contributed by atoms with Crippen LogP contribution in [-0.2, 0) is 11.2 Å². The van der Waals surface area contributed by atoms with Crippen molar-refractivity contribution in [1.29, 1.82) is 0 Å². The number of carbonyl (C=O) groups excluding carboxylic acids is 1. The lowest BCUT2D eigenvalue weighted by Gasteiger charge is -2.09. The average Bonchev–Trinajstić information content (AvgIpc) is 2.41. The summed E-state index contributed by atoms with van der Waals surface area (Å²) in [6.45, 7) is 3.90. The summed E-state index contributed by atoms with van der Waals surface area (Å²) in [4.78, 5) is 11.9. The number of rotatable bonds is 4. The Bertz CT molecular complexity index is 603. The van der Waals surface area contributed by atoms with E-state index in [1.165, 1.54) is 5.56 Å². The highest BCUT2D eigenvalue weighted by Gasteiger charge is 2.05. The van der Waals surface area contributed by atoms with E-state index in [0.29, 0.717) is 6.42 Å². The first-order valence-electron chi connectivity index (χ1n) is 6.69.